The van der Waals surface area contributed by atoms with E-state index in [2.05, 4.69) is 35.0 Å². The Kier molecular flexibility index (Phi) is 3.96. The number of hydrogen-bond acceptors (Lipinski definition) is 4. The summed E-state index contributed by atoms with van der Waals surface area (Å²) in [6.07, 6.45) is 1.60. The van der Waals surface area contributed by atoms with Crippen molar-refractivity contribution in [1.82, 2.24) is 9.88 Å². The molecule has 1 amide bonds. The third-order valence-corrected chi connectivity index (χ3v) is 4.09. The Bertz CT molecular complexity index is 678. The number of nitrogen functional groups attached to an aromatic ring is 1. The number of para-hydroxylation sites is 1. The number of amides is 1. The van der Waals surface area contributed by atoms with Crippen LogP contribution in [0.3, 0.4) is 0 Å². The van der Waals surface area contributed by atoms with E-state index in [0.717, 1.165) is 13.1 Å². The summed E-state index contributed by atoms with van der Waals surface area (Å²) >= 11 is 0. The average molecular weight is 296 g/mol. The van der Waals surface area contributed by atoms with Crippen LogP contribution >= 0.6 is 0 Å². The molecular weight excluding hydrogens is 276 g/mol. The second kappa shape index (κ2) is 6.05. The molecule has 1 aliphatic heterocycles. The second-order valence-electron chi connectivity index (χ2n) is 5.50. The third-order valence-electron chi connectivity index (χ3n) is 4.09. The first-order valence-electron chi connectivity index (χ1n) is 7.47. The number of carbonyl (C=O) groups excluding carboxylic acids is 1. The van der Waals surface area contributed by atoms with Crippen molar-refractivity contribution < 1.29 is 4.79 Å². The Balaban J connectivity index is 1.68. The molecule has 0 radical (unpaired) electrons. The summed E-state index contributed by atoms with van der Waals surface area (Å²) in [5, 5.41) is 0. The van der Waals surface area contributed by atoms with E-state index in [0.29, 0.717) is 24.5 Å². The van der Waals surface area contributed by atoms with E-state index in [1.54, 1.807) is 18.3 Å². The van der Waals surface area contributed by atoms with Crippen molar-refractivity contribution >= 4 is 17.4 Å². The number of nitrogens with two attached hydrogens (primary N) is 1. The molecule has 2 aromatic rings. The SMILES string of the molecule is Cc1ccccc1N1CCN(C(=O)c2cccnc2N)CC1. The normalized spacial score (nSPS) is 15.0. The van der Waals surface area contributed by atoms with Gasteiger partial charge < -0.3 is 15.5 Å². The first-order chi connectivity index (χ1) is 10.7. The van der Waals surface area contributed by atoms with Gasteiger partial charge in [0.15, 0.2) is 0 Å². The Morgan fingerprint density at radius 1 is 1.09 bits per heavy atom. The highest BCUT2D eigenvalue weighted by Crippen LogP contribution is 2.21. The van der Waals surface area contributed by atoms with Gasteiger partial charge in [0, 0.05) is 38.1 Å². The molecule has 114 valence electrons. The van der Waals surface area contributed by atoms with E-state index in [-0.39, 0.29) is 5.91 Å². The Morgan fingerprint density at radius 2 is 1.82 bits per heavy atom. The van der Waals surface area contributed by atoms with Crippen LogP contribution in [0.5, 0.6) is 0 Å². The number of carbonyl (C=O) groups is 1. The fourth-order valence-corrected chi connectivity index (χ4v) is 2.84. The number of rotatable bonds is 2. The Labute approximate surface area is 130 Å². The van der Waals surface area contributed by atoms with Crippen molar-refractivity contribution in [3.63, 3.8) is 0 Å². The summed E-state index contributed by atoms with van der Waals surface area (Å²) in [5.74, 6) is 0.267. The molecule has 0 atom stereocenters. The number of piperazine rings is 1. The molecule has 5 heteroatoms. The van der Waals surface area contributed by atoms with Crippen LogP contribution in [0.4, 0.5) is 11.5 Å². The smallest absolute Gasteiger partial charge is 0.257 e. The van der Waals surface area contributed by atoms with Crippen molar-refractivity contribution in [2.75, 3.05) is 36.8 Å². The molecule has 2 heterocycles. The molecule has 22 heavy (non-hydrogen) atoms. The number of benzene rings is 1. The summed E-state index contributed by atoms with van der Waals surface area (Å²) in [4.78, 5) is 20.7. The van der Waals surface area contributed by atoms with Gasteiger partial charge in [0.2, 0.25) is 0 Å². The molecule has 1 saturated heterocycles. The lowest BCUT2D eigenvalue weighted by Gasteiger charge is -2.36. The molecule has 1 aliphatic rings. The maximum atomic E-state index is 12.5. The number of nitrogens with zero attached hydrogens (tertiary/aromatic N) is 3. The maximum Gasteiger partial charge on any atom is 0.257 e. The fraction of sp³-hybridized carbons (Fsp3) is 0.294. The van der Waals surface area contributed by atoms with E-state index in [9.17, 15) is 4.79 Å². The van der Waals surface area contributed by atoms with Crippen LogP contribution in [0.1, 0.15) is 15.9 Å². The molecule has 0 saturated carbocycles. The first kappa shape index (κ1) is 14.4. The molecule has 3 rings (SSSR count). The summed E-state index contributed by atoms with van der Waals surface area (Å²) in [6, 6.07) is 11.8. The van der Waals surface area contributed by atoms with Crippen LogP contribution < -0.4 is 10.6 Å². The minimum atomic E-state index is -0.0324. The Morgan fingerprint density at radius 3 is 2.50 bits per heavy atom. The zero-order valence-corrected chi connectivity index (χ0v) is 12.7. The van der Waals surface area contributed by atoms with Crippen molar-refractivity contribution in [2.45, 2.75) is 6.92 Å². The van der Waals surface area contributed by atoms with E-state index < -0.39 is 0 Å². The van der Waals surface area contributed by atoms with Gasteiger partial charge in [-0.25, -0.2) is 4.98 Å². The van der Waals surface area contributed by atoms with Crippen LogP contribution in [0.2, 0.25) is 0 Å². The summed E-state index contributed by atoms with van der Waals surface area (Å²) < 4.78 is 0. The van der Waals surface area contributed by atoms with Crippen LogP contribution in [0, 0.1) is 6.92 Å². The summed E-state index contributed by atoms with van der Waals surface area (Å²) in [6.45, 7) is 5.17. The lowest BCUT2D eigenvalue weighted by atomic mass is 10.1. The topological polar surface area (TPSA) is 62.5 Å². The van der Waals surface area contributed by atoms with Gasteiger partial charge in [-0.2, -0.15) is 0 Å². The number of pyridine rings is 1. The fourth-order valence-electron chi connectivity index (χ4n) is 2.84. The Hall–Kier alpha value is -2.56. The highest BCUT2D eigenvalue weighted by molar-refractivity contribution is 5.98. The number of hydrogen-bond donors (Lipinski definition) is 1. The number of anilines is 2. The quantitative estimate of drug-likeness (QED) is 0.920. The number of aromatic nitrogens is 1. The van der Waals surface area contributed by atoms with E-state index in [1.807, 2.05) is 11.0 Å². The van der Waals surface area contributed by atoms with Crippen LogP contribution in [0.15, 0.2) is 42.6 Å². The standard InChI is InChI=1S/C17H20N4O/c1-13-5-2-3-7-15(13)20-9-11-21(12-10-20)17(22)14-6-4-8-19-16(14)18/h2-8H,9-12H2,1H3,(H2,18,19). The monoisotopic (exact) mass is 296 g/mol. The average Bonchev–Trinajstić information content (AvgIpc) is 2.55. The molecule has 2 N–H and O–H groups in total. The van der Waals surface area contributed by atoms with Crippen LogP contribution in [-0.4, -0.2) is 42.0 Å². The van der Waals surface area contributed by atoms with Gasteiger partial charge in [0.05, 0.1) is 5.56 Å². The number of aryl methyl sites for hydroxylation is 1. The minimum Gasteiger partial charge on any atom is -0.383 e. The molecular formula is C17H20N4O. The van der Waals surface area contributed by atoms with E-state index in [4.69, 9.17) is 5.73 Å². The zero-order chi connectivity index (χ0) is 15.5. The highest BCUT2D eigenvalue weighted by atomic mass is 16.2. The lowest BCUT2D eigenvalue weighted by Crippen LogP contribution is -2.49. The van der Waals surface area contributed by atoms with Gasteiger partial charge in [-0.15, -0.1) is 0 Å². The van der Waals surface area contributed by atoms with E-state index >= 15 is 0 Å². The van der Waals surface area contributed by atoms with Gasteiger partial charge in [-0.1, -0.05) is 18.2 Å². The van der Waals surface area contributed by atoms with Gasteiger partial charge in [0.25, 0.3) is 5.91 Å². The molecule has 0 unspecified atom stereocenters. The zero-order valence-electron chi connectivity index (χ0n) is 12.7. The van der Waals surface area contributed by atoms with Crippen molar-refractivity contribution in [1.29, 1.82) is 0 Å². The molecule has 5 nitrogen and oxygen atoms in total. The molecule has 0 aliphatic carbocycles. The maximum absolute atomic E-state index is 12.5. The predicted octanol–water partition coefficient (Wildman–Crippen LogP) is 1.93. The predicted molar refractivity (Wildman–Crippen MR) is 87.9 cm³/mol. The second-order valence-corrected chi connectivity index (χ2v) is 5.50. The highest BCUT2D eigenvalue weighted by Gasteiger charge is 2.24. The van der Waals surface area contributed by atoms with Gasteiger partial charge in [-0.3, -0.25) is 4.79 Å². The molecule has 1 aromatic heterocycles. The minimum absolute atomic E-state index is 0.0324. The van der Waals surface area contributed by atoms with Gasteiger partial charge in [0.1, 0.15) is 5.82 Å². The first-order valence-corrected chi connectivity index (χ1v) is 7.47. The van der Waals surface area contributed by atoms with Gasteiger partial charge in [-0.05, 0) is 30.7 Å². The van der Waals surface area contributed by atoms with Crippen molar-refractivity contribution in [3.8, 4) is 0 Å². The molecule has 1 fully saturated rings. The summed E-state index contributed by atoms with van der Waals surface area (Å²) in [7, 11) is 0. The summed E-state index contributed by atoms with van der Waals surface area (Å²) in [5.41, 5.74) is 8.80. The van der Waals surface area contributed by atoms with Gasteiger partial charge >= 0.3 is 0 Å². The van der Waals surface area contributed by atoms with Crippen molar-refractivity contribution in [2.24, 2.45) is 0 Å². The van der Waals surface area contributed by atoms with E-state index in [1.165, 1.54) is 11.3 Å². The molecule has 0 bridgehead atoms. The van der Waals surface area contributed by atoms with Crippen molar-refractivity contribution in [3.05, 3.63) is 53.7 Å². The third kappa shape index (κ3) is 2.74. The van der Waals surface area contributed by atoms with Crippen LogP contribution in [-0.2, 0) is 0 Å². The molecule has 1 aromatic carbocycles. The van der Waals surface area contributed by atoms with Crippen LogP contribution in [0.25, 0.3) is 0 Å². The lowest BCUT2D eigenvalue weighted by molar-refractivity contribution is 0.0747. The largest absolute Gasteiger partial charge is 0.383 e. The molecule has 0 spiro atoms.